The molecule has 0 aliphatic rings. The van der Waals surface area contributed by atoms with Gasteiger partial charge in [-0.05, 0) is 38.8 Å². The zero-order chi connectivity index (χ0) is 9.84. The van der Waals surface area contributed by atoms with Crippen LogP contribution in [0.15, 0.2) is 18.2 Å². The van der Waals surface area contributed by atoms with Crippen LogP contribution in [0.2, 0.25) is 0 Å². The van der Waals surface area contributed by atoms with Gasteiger partial charge in [0.25, 0.3) is 0 Å². The van der Waals surface area contributed by atoms with Crippen LogP contribution in [0.1, 0.15) is 31.4 Å². The van der Waals surface area contributed by atoms with Gasteiger partial charge >= 0.3 is 0 Å². The van der Waals surface area contributed by atoms with Gasteiger partial charge in [0, 0.05) is 0 Å². The summed E-state index contributed by atoms with van der Waals surface area (Å²) in [7, 11) is 0. The van der Waals surface area contributed by atoms with E-state index in [-0.39, 0.29) is 0 Å². The number of ether oxygens (including phenoxy) is 1. The number of aryl methyl sites for hydroxylation is 2. The monoisotopic (exact) mass is 178 g/mol. The van der Waals surface area contributed by atoms with Crippen LogP contribution >= 0.6 is 0 Å². The summed E-state index contributed by atoms with van der Waals surface area (Å²) in [5.41, 5.74) is 2.51. The Balaban J connectivity index is 2.77. The molecule has 1 nitrogen and oxygen atoms in total. The molecule has 13 heavy (non-hydrogen) atoms. The molecule has 0 bridgehead atoms. The maximum atomic E-state index is 5.75. The molecule has 1 heteroatoms. The van der Waals surface area contributed by atoms with Crippen molar-refractivity contribution < 1.29 is 4.74 Å². The van der Waals surface area contributed by atoms with Gasteiger partial charge in [-0.1, -0.05) is 24.6 Å². The molecule has 0 radical (unpaired) electrons. The van der Waals surface area contributed by atoms with Gasteiger partial charge in [-0.2, -0.15) is 0 Å². The zero-order valence-electron chi connectivity index (χ0n) is 8.92. The molecule has 0 saturated carbocycles. The summed E-state index contributed by atoms with van der Waals surface area (Å²) in [6, 6.07) is 6.29. The van der Waals surface area contributed by atoms with E-state index in [1.807, 2.05) is 0 Å². The van der Waals surface area contributed by atoms with Crippen molar-refractivity contribution in [2.24, 2.45) is 0 Å². The van der Waals surface area contributed by atoms with Gasteiger partial charge in [0.15, 0.2) is 0 Å². The highest BCUT2D eigenvalue weighted by Crippen LogP contribution is 2.20. The first kappa shape index (κ1) is 10.1. The van der Waals surface area contributed by atoms with Crippen LogP contribution in [0.4, 0.5) is 0 Å². The lowest BCUT2D eigenvalue weighted by Gasteiger charge is -2.14. The molecule has 0 heterocycles. The van der Waals surface area contributed by atoms with Crippen LogP contribution in [0.3, 0.4) is 0 Å². The predicted octanol–water partition coefficient (Wildman–Crippen LogP) is 3.48. The van der Waals surface area contributed by atoms with Crippen molar-refractivity contribution in [2.75, 3.05) is 0 Å². The average Bonchev–Trinajstić information content (AvgIpc) is 2.09. The highest BCUT2D eigenvalue weighted by atomic mass is 16.5. The molecule has 0 saturated heterocycles. The van der Waals surface area contributed by atoms with Gasteiger partial charge in [0.05, 0.1) is 6.10 Å². The third-order valence-electron chi connectivity index (χ3n) is 2.23. The van der Waals surface area contributed by atoms with Crippen LogP contribution < -0.4 is 4.74 Å². The summed E-state index contributed by atoms with van der Waals surface area (Å²) in [6.45, 7) is 8.41. The molecular weight excluding hydrogens is 160 g/mol. The van der Waals surface area contributed by atoms with Gasteiger partial charge in [-0.3, -0.25) is 0 Å². The minimum atomic E-state index is 0.307. The van der Waals surface area contributed by atoms with E-state index in [1.165, 1.54) is 11.1 Å². The van der Waals surface area contributed by atoms with Crippen LogP contribution in [0.25, 0.3) is 0 Å². The second-order valence-corrected chi connectivity index (χ2v) is 3.61. The third kappa shape index (κ3) is 2.76. The standard InChI is InChI=1S/C12H18O/c1-5-11(4)13-12-7-6-9(2)8-10(12)3/h6-8,11H,5H2,1-4H3/t11-/m0/s1. The minimum absolute atomic E-state index is 0.307. The highest BCUT2D eigenvalue weighted by Gasteiger charge is 2.03. The van der Waals surface area contributed by atoms with Crippen LogP contribution in [0.5, 0.6) is 5.75 Å². The Morgan fingerprint density at radius 3 is 2.54 bits per heavy atom. The first-order chi connectivity index (χ1) is 6.13. The van der Waals surface area contributed by atoms with E-state index in [9.17, 15) is 0 Å². The van der Waals surface area contributed by atoms with Gasteiger partial charge in [0.2, 0.25) is 0 Å². The van der Waals surface area contributed by atoms with Gasteiger partial charge < -0.3 is 4.74 Å². The number of hydrogen-bond acceptors (Lipinski definition) is 1. The summed E-state index contributed by atoms with van der Waals surface area (Å²) < 4.78 is 5.75. The van der Waals surface area contributed by atoms with Crippen molar-refractivity contribution in [1.29, 1.82) is 0 Å². The average molecular weight is 178 g/mol. The molecule has 72 valence electrons. The fraction of sp³-hybridized carbons (Fsp3) is 0.500. The summed E-state index contributed by atoms with van der Waals surface area (Å²) >= 11 is 0. The summed E-state index contributed by atoms with van der Waals surface area (Å²) in [5.74, 6) is 1.01. The quantitative estimate of drug-likeness (QED) is 0.688. The molecule has 0 aliphatic carbocycles. The first-order valence-corrected chi connectivity index (χ1v) is 4.87. The van der Waals surface area contributed by atoms with Gasteiger partial charge in [-0.25, -0.2) is 0 Å². The Bertz CT molecular complexity index is 278. The molecule has 1 rings (SSSR count). The second kappa shape index (κ2) is 4.31. The predicted molar refractivity (Wildman–Crippen MR) is 56.3 cm³/mol. The largest absolute Gasteiger partial charge is 0.490 e. The topological polar surface area (TPSA) is 9.23 Å². The second-order valence-electron chi connectivity index (χ2n) is 3.61. The van der Waals surface area contributed by atoms with Crippen molar-refractivity contribution in [1.82, 2.24) is 0 Å². The smallest absolute Gasteiger partial charge is 0.122 e. The van der Waals surface area contributed by atoms with Gasteiger partial charge in [-0.15, -0.1) is 0 Å². The minimum Gasteiger partial charge on any atom is -0.490 e. The number of benzene rings is 1. The Labute approximate surface area is 80.7 Å². The van der Waals surface area contributed by atoms with Crippen molar-refractivity contribution in [3.05, 3.63) is 29.3 Å². The SMILES string of the molecule is CC[C@H](C)Oc1ccc(C)cc1C. The lowest BCUT2D eigenvalue weighted by molar-refractivity contribution is 0.216. The van der Waals surface area contributed by atoms with Crippen LogP contribution in [-0.4, -0.2) is 6.10 Å². The fourth-order valence-electron chi connectivity index (χ4n) is 1.23. The fourth-order valence-corrected chi connectivity index (χ4v) is 1.23. The van der Waals surface area contributed by atoms with E-state index in [0.29, 0.717) is 6.10 Å². The molecule has 1 atom stereocenters. The van der Waals surface area contributed by atoms with E-state index in [1.54, 1.807) is 0 Å². The van der Waals surface area contributed by atoms with Crippen molar-refractivity contribution in [2.45, 2.75) is 40.2 Å². The van der Waals surface area contributed by atoms with Crippen LogP contribution in [-0.2, 0) is 0 Å². The molecule has 1 aromatic rings. The van der Waals surface area contributed by atoms with E-state index < -0.39 is 0 Å². The number of rotatable bonds is 3. The van der Waals surface area contributed by atoms with Gasteiger partial charge in [0.1, 0.15) is 5.75 Å². The Morgan fingerprint density at radius 1 is 1.31 bits per heavy atom. The van der Waals surface area contributed by atoms with Crippen molar-refractivity contribution >= 4 is 0 Å². The lowest BCUT2D eigenvalue weighted by atomic mass is 10.1. The first-order valence-electron chi connectivity index (χ1n) is 4.87. The zero-order valence-corrected chi connectivity index (χ0v) is 8.92. The lowest BCUT2D eigenvalue weighted by Crippen LogP contribution is -2.10. The Kier molecular flexibility index (Phi) is 3.35. The van der Waals surface area contributed by atoms with E-state index in [2.05, 4.69) is 45.9 Å². The molecule has 1 aromatic carbocycles. The van der Waals surface area contributed by atoms with E-state index in [4.69, 9.17) is 4.74 Å². The van der Waals surface area contributed by atoms with Crippen molar-refractivity contribution in [3.63, 3.8) is 0 Å². The molecule has 0 N–H and O–H groups in total. The van der Waals surface area contributed by atoms with Crippen LogP contribution in [0, 0.1) is 13.8 Å². The maximum absolute atomic E-state index is 5.75. The Hall–Kier alpha value is -0.980. The molecule has 0 fully saturated rings. The molecule has 0 unspecified atom stereocenters. The highest BCUT2D eigenvalue weighted by molar-refractivity contribution is 5.35. The maximum Gasteiger partial charge on any atom is 0.122 e. The summed E-state index contributed by atoms with van der Waals surface area (Å²) in [6.07, 6.45) is 1.36. The normalized spacial score (nSPS) is 12.6. The number of hydrogen-bond donors (Lipinski definition) is 0. The van der Waals surface area contributed by atoms with E-state index >= 15 is 0 Å². The molecule has 0 aromatic heterocycles. The summed E-state index contributed by atoms with van der Waals surface area (Å²) in [5, 5.41) is 0. The third-order valence-corrected chi connectivity index (χ3v) is 2.23. The molecule has 0 amide bonds. The molecular formula is C12H18O. The molecule has 0 spiro atoms. The summed E-state index contributed by atoms with van der Waals surface area (Å²) in [4.78, 5) is 0. The van der Waals surface area contributed by atoms with E-state index in [0.717, 1.165) is 12.2 Å². The molecule has 0 aliphatic heterocycles. The van der Waals surface area contributed by atoms with Crippen molar-refractivity contribution in [3.8, 4) is 5.75 Å². The Morgan fingerprint density at radius 2 is 2.00 bits per heavy atom.